The number of nitrogens with zero attached hydrogens (tertiary/aromatic N) is 3. The van der Waals surface area contributed by atoms with Crippen molar-refractivity contribution in [3.63, 3.8) is 0 Å². The maximum atomic E-state index is 12.2. The van der Waals surface area contributed by atoms with Crippen molar-refractivity contribution in [3.05, 3.63) is 65.2 Å². The number of hydrogen-bond donors (Lipinski definition) is 3. The second-order valence-electron chi connectivity index (χ2n) is 8.60. The molecule has 1 saturated heterocycles. The van der Waals surface area contributed by atoms with E-state index in [1.54, 1.807) is 24.3 Å². The van der Waals surface area contributed by atoms with Crippen LogP contribution in [0.5, 0.6) is 0 Å². The summed E-state index contributed by atoms with van der Waals surface area (Å²) >= 11 is 0. The molecule has 1 aliphatic heterocycles. The number of guanidine groups is 1. The first-order valence-corrected chi connectivity index (χ1v) is 11.9. The lowest BCUT2D eigenvalue weighted by Gasteiger charge is -2.36. The number of aliphatic imine (C=N–C) groups is 1. The smallest absolute Gasteiger partial charge is 0.335 e. The van der Waals surface area contributed by atoms with Gasteiger partial charge in [-0.05, 0) is 43.2 Å². The minimum absolute atomic E-state index is 0.0757. The first-order chi connectivity index (χ1) is 16.4. The zero-order valence-corrected chi connectivity index (χ0v) is 20.1. The van der Waals surface area contributed by atoms with E-state index in [0.29, 0.717) is 13.1 Å². The van der Waals surface area contributed by atoms with E-state index < -0.39 is 5.97 Å². The Morgan fingerprint density at radius 2 is 1.68 bits per heavy atom. The van der Waals surface area contributed by atoms with E-state index in [1.807, 2.05) is 0 Å². The number of amides is 1. The highest BCUT2D eigenvalue weighted by atomic mass is 16.4. The van der Waals surface area contributed by atoms with E-state index in [9.17, 15) is 9.59 Å². The van der Waals surface area contributed by atoms with Crippen molar-refractivity contribution in [2.24, 2.45) is 4.99 Å². The fourth-order valence-corrected chi connectivity index (χ4v) is 3.68. The van der Waals surface area contributed by atoms with Crippen molar-refractivity contribution in [1.29, 1.82) is 0 Å². The molecule has 0 radical (unpaired) electrons. The van der Waals surface area contributed by atoms with Crippen molar-refractivity contribution in [2.45, 2.75) is 33.2 Å². The fraction of sp³-hybridized carbons (Fsp3) is 0.423. The molecule has 3 rings (SSSR count). The first kappa shape index (κ1) is 25.2. The summed E-state index contributed by atoms with van der Waals surface area (Å²) in [5, 5.41) is 15.5. The topological polar surface area (TPSA) is 97.3 Å². The van der Waals surface area contributed by atoms with Gasteiger partial charge in [-0.3, -0.25) is 9.69 Å². The van der Waals surface area contributed by atoms with Crippen LogP contribution in [0.3, 0.4) is 0 Å². The summed E-state index contributed by atoms with van der Waals surface area (Å²) in [5.41, 5.74) is 3.35. The van der Waals surface area contributed by atoms with Gasteiger partial charge in [-0.15, -0.1) is 0 Å². The number of hydrogen-bond acceptors (Lipinski definition) is 4. The number of carboxylic acids is 1. The summed E-state index contributed by atoms with van der Waals surface area (Å²) in [6, 6.07) is 15.0. The number of benzene rings is 2. The maximum absolute atomic E-state index is 12.2. The van der Waals surface area contributed by atoms with Gasteiger partial charge in [0.25, 0.3) is 0 Å². The van der Waals surface area contributed by atoms with E-state index >= 15 is 0 Å². The molecule has 2 aromatic carbocycles. The number of unbranched alkanes of at least 4 members (excludes halogenated alkanes) is 1. The SMILES string of the molecule is CCCCNC(=O)CN1CCN(C(=NCc2ccc(C)cc2)Nc2ccc(C(=O)O)cc2)CC1. The van der Waals surface area contributed by atoms with Crippen molar-refractivity contribution in [2.75, 3.05) is 44.6 Å². The zero-order valence-electron chi connectivity index (χ0n) is 20.1. The van der Waals surface area contributed by atoms with Gasteiger partial charge in [0.2, 0.25) is 5.91 Å². The second kappa shape index (κ2) is 12.7. The average molecular weight is 466 g/mol. The molecule has 34 heavy (non-hydrogen) atoms. The molecule has 8 nitrogen and oxygen atoms in total. The van der Waals surface area contributed by atoms with Crippen LogP contribution in [0.4, 0.5) is 5.69 Å². The molecular formula is C26H35N5O3. The molecule has 0 aromatic heterocycles. The van der Waals surface area contributed by atoms with Crippen molar-refractivity contribution in [3.8, 4) is 0 Å². The number of carbonyl (C=O) groups excluding carboxylic acids is 1. The van der Waals surface area contributed by atoms with Crippen molar-refractivity contribution in [1.82, 2.24) is 15.1 Å². The lowest BCUT2D eigenvalue weighted by Crippen LogP contribution is -2.52. The van der Waals surface area contributed by atoms with Crippen molar-refractivity contribution < 1.29 is 14.7 Å². The predicted molar refractivity (Wildman–Crippen MR) is 135 cm³/mol. The summed E-state index contributed by atoms with van der Waals surface area (Å²) in [4.78, 5) is 32.5. The van der Waals surface area contributed by atoms with Crippen LogP contribution in [0.25, 0.3) is 0 Å². The Morgan fingerprint density at radius 1 is 1.00 bits per heavy atom. The third kappa shape index (κ3) is 7.88. The number of aromatic carboxylic acids is 1. The standard InChI is InChI=1S/C26H35N5O3/c1-3-4-13-27-24(32)19-30-14-16-31(17-15-30)26(28-18-21-7-5-20(2)6-8-21)29-23-11-9-22(10-12-23)25(33)34/h5-12H,3-4,13-19H2,1-2H3,(H,27,32)(H,28,29)(H,33,34). The molecular weight excluding hydrogens is 430 g/mol. The molecule has 1 amide bonds. The number of carbonyl (C=O) groups is 2. The number of anilines is 1. The Balaban J connectivity index is 1.64. The molecule has 1 fully saturated rings. The second-order valence-corrected chi connectivity index (χ2v) is 8.60. The number of carboxylic acid groups (broad SMARTS) is 1. The minimum atomic E-state index is -0.949. The van der Waals surface area contributed by atoms with E-state index in [4.69, 9.17) is 10.1 Å². The Kier molecular flexibility index (Phi) is 9.46. The molecule has 0 bridgehead atoms. The molecule has 0 aliphatic carbocycles. The lowest BCUT2D eigenvalue weighted by molar-refractivity contribution is -0.122. The highest BCUT2D eigenvalue weighted by Gasteiger charge is 2.21. The molecule has 0 saturated carbocycles. The molecule has 182 valence electrons. The Labute approximate surface area is 201 Å². The maximum Gasteiger partial charge on any atom is 0.335 e. The summed E-state index contributed by atoms with van der Waals surface area (Å²) in [6.45, 7) is 8.88. The molecule has 3 N–H and O–H groups in total. The Hall–Kier alpha value is -3.39. The third-order valence-corrected chi connectivity index (χ3v) is 5.81. The summed E-state index contributed by atoms with van der Waals surface area (Å²) in [6.07, 6.45) is 2.06. The first-order valence-electron chi connectivity index (χ1n) is 11.9. The summed E-state index contributed by atoms with van der Waals surface area (Å²) in [7, 11) is 0. The van der Waals surface area contributed by atoms with E-state index in [2.05, 4.69) is 58.5 Å². The van der Waals surface area contributed by atoms with Crippen LogP contribution in [0.1, 0.15) is 41.3 Å². The number of nitrogens with one attached hydrogen (secondary N) is 2. The molecule has 0 atom stereocenters. The number of rotatable bonds is 9. The van der Waals surface area contributed by atoms with Gasteiger partial charge in [-0.25, -0.2) is 9.79 Å². The van der Waals surface area contributed by atoms with Crippen LogP contribution >= 0.6 is 0 Å². The van der Waals surface area contributed by atoms with Crippen molar-refractivity contribution >= 4 is 23.5 Å². The quantitative estimate of drug-likeness (QED) is 0.299. The van der Waals surface area contributed by atoms with E-state index in [-0.39, 0.29) is 11.5 Å². The van der Waals surface area contributed by atoms with E-state index in [1.165, 1.54) is 5.56 Å². The highest BCUT2D eigenvalue weighted by molar-refractivity contribution is 5.94. The highest BCUT2D eigenvalue weighted by Crippen LogP contribution is 2.13. The lowest BCUT2D eigenvalue weighted by atomic mass is 10.1. The molecule has 0 unspecified atom stereocenters. The summed E-state index contributed by atoms with van der Waals surface area (Å²) < 4.78 is 0. The van der Waals surface area contributed by atoms with Gasteiger partial charge < -0.3 is 20.6 Å². The monoisotopic (exact) mass is 465 g/mol. The minimum Gasteiger partial charge on any atom is -0.478 e. The normalized spacial score (nSPS) is 14.6. The molecule has 1 heterocycles. The molecule has 8 heteroatoms. The van der Waals surface area contributed by atoms with Gasteiger partial charge in [-0.2, -0.15) is 0 Å². The van der Waals surface area contributed by atoms with Gasteiger partial charge in [0.15, 0.2) is 5.96 Å². The molecule has 2 aromatic rings. The largest absolute Gasteiger partial charge is 0.478 e. The van der Waals surface area contributed by atoms with Gasteiger partial charge in [0.1, 0.15) is 0 Å². The van der Waals surface area contributed by atoms with Crippen LogP contribution < -0.4 is 10.6 Å². The van der Waals surface area contributed by atoms with Crippen LogP contribution in [-0.2, 0) is 11.3 Å². The number of aryl methyl sites for hydroxylation is 1. The molecule has 1 aliphatic rings. The van der Waals surface area contributed by atoms with Crippen LogP contribution in [-0.4, -0.2) is 72.0 Å². The van der Waals surface area contributed by atoms with Crippen LogP contribution in [0.2, 0.25) is 0 Å². The zero-order chi connectivity index (χ0) is 24.3. The average Bonchev–Trinajstić information content (AvgIpc) is 2.84. The summed E-state index contributed by atoms with van der Waals surface area (Å²) in [5.74, 6) is -0.128. The number of piperazine rings is 1. The van der Waals surface area contributed by atoms with Gasteiger partial charge in [-0.1, -0.05) is 43.2 Å². The van der Waals surface area contributed by atoms with Crippen LogP contribution in [0, 0.1) is 6.92 Å². The van der Waals surface area contributed by atoms with E-state index in [0.717, 1.165) is 62.8 Å². The van der Waals surface area contributed by atoms with Crippen LogP contribution in [0.15, 0.2) is 53.5 Å². The van der Waals surface area contributed by atoms with Gasteiger partial charge in [0.05, 0.1) is 18.7 Å². The van der Waals surface area contributed by atoms with Gasteiger partial charge in [0, 0.05) is 38.4 Å². The molecule has 0 spiro atoms. The fourth-order valence-electron chi connectivity index (χ4n) is 3.68. The van der Waals surface area contributed by atoms with Gasteiger partial charge >= 0.3 is 5.97 Å². The predicted octanol–water partition coefficient (Wildman–Crippen LogP) is 3.20. The Bertz CT molecular complexity index is 965. The Morgan fingerprint density at radius 3 is 2.29 bits per heavy atom. The third-order valence-electron chi connectivity index (χ3n) is 5.81.